The number of rotatable bonds is 6. The second-order valence-corrected chi connectivity index (χ2v) is 8.23. The lowest BCUT2D eigenvalue weighted by molar-refractivity contribution is 0.00578. The summed E-state index contributed by atoms with van der Waals surface area (Å²) >= 11 is 1.37. The number of benzene rings is 1. The van der Waals surface area contributed by atoms with E-state index in [0.29, 0.717) is 28.0 Å². The van der Waals surface area contributed by atoms with E-state index >= 15 is 0 Å². The molecule has 2 heterocycles. The number of aromatic nitrogens is 1. The van der Waals surface area contributed by atoms with Crippen LogP contribution < -0.4 is 26.1 Å². The maximum atomic E-state index is 6.13. The molecule has 1 aromatic heterocycles. The van der Waals surface area contributed by atoms with Crippen molar-refractivity contribution in [2.75, 3.05) is 25.4 Å². The fourth-order valence-corrected chi connectivity index (χ4v) is 3.24. The van der Waals surface area contributed by atoms with Gasteiger partial charge in [0.1, 0.15) is 17.3 Å². The van der Waals surface area contributed by atoms with E-state index in [1.165, 1.54) is 11.3 Å². The molecule has 10 heteroatoms. The highest BCUT2D eigenvalue weighted by Crippen LogP contribution is 2.37. The molecule has 0 radical (unpaired) electrons. The molecule has 1 aromatic carbocycles. The van der Waals surface area contributed by atoms with E-state index in [2.05, 4.69) is 15.5 Å². The van der Waals surface area contributed by atoms with Crippen LogP contribution in [0.5, 0.6) is 11.5 Å². The van der Waals surface area contributed by atoms with Gasteiger partial charge in [0.05, 0.1) is 37.2 Å². The minimum Gasteiger partial charge on any atom is -0.496 e. The first-order chi connectivity index (χ1) is 13.2. The van der Waals surface area contributed by atoms with Crippen LogP contribution >= 0.6 is 11.3 Å². The van der Waals surface area contributed by atoms with Crippen LogP contribution in [0, 0.1) is 0 Å². The Morgan fingerprint density at radius 2 is 1.71 bits per heavy atom. The van der Waals surface area contributed by atoms with Crippen LogP contribution in [0.2, 0.25) is 0 Å². The van der Waals surface area contributed by atoms with Crippen LogP contribution in [0.3, 0.4) is 0 Å². The van der Waals surface area contributed by atoms with Gasteiger partial charge in [0.2, 0.25) is 5.13 Å². The molecule has 0 spiro atoms. The van der Waals surface area contributed by atoms with Crippen molar-refractivity contribution in [3.63, 3.8) is 0 Å². The average molecular weight is 404 g/mol. The Hall–Kier alpha value is -2.30. The van der Waals surface area contributed by atoms with E-state index in [1.54, 1.807) is 25.8 Å². The number of hydrazone groups is 1. The fourth-order valence-electron chi connectivity index (χ4n) is 2.69. The van der Waals surface area contributed by atoms with Crippen LogP contribution in [-0.2, 0) is 9.31 Å². The second-order valence-electron chi connectivity index (χ2n) is 7.37. The lowest BCUT2D eigenvalue weighted by Gasteiger charge is -2.32. The highest BCUT2D eigenvalue weighted by atomic mass is 32.1. The van der Waals surface area contributed by atoms with Crippen molar-refractivity contribution < 1.29 is 18.8 Å². The number of hydrogen-bond acceptors (Lipinski definition) is 9. The zero-order valence-electron chi connectivity index (χ0n) is 16.9. The van der Waals surface area contributed by atoms with Crippen molar-refractivity contribution in [2.45, 2.75) is 38.9 Å². The maximum Gasteiger partial charge on any atom is 0.495 e. The summed E-state index contributed by atoms with van der Waals surface area (Å²) in [5, 5.41) is 6.54. The molecule has 0 unspecified atom stereocenters. The molecule has 0 aliphatic carbocycles. The standard InChI is InChI=1S/C18H25BN4O4S/c1-17(2)18(3,4)27-19(26-17)11-7-13(24-5)12(14(8-11)25-6)9-21-23-16-22-15(20)10-28-16/h7-10H,20H2,1-6H3,(H,22,23). The smallest absolute Gasteiger partial charge is 0.495 e. The van der Waals surface area contributed by atoms with Gasteiger partial charge < -0.3 is 24.5 Å². The maximum absolute atomic E-state index is 6.13. The highest BCUT2D eigenvalue weighted by molar-refractivity contribution is 7.14. The predicted octanol–water partition coefficient (Wildman–Crippen LogP) is 2.49. The molecule has 0 amide bonds. The van der Waals surface area contributed by atoms with Gasteiger partial charge in [-0.25, -0.2) is 4.98 Å². The van der Waals surface area contributed by atoms with Gasteiger partial charge in [0, 0.05) is 5.38 Å². The third-order valence-corrected chi connectivity index (χ3v) is 5.73. The highest BCUT2D eigenvalue weighted by Gasteiger charge is 2.52. The van der Waals surface area contributed by atoms with Gasteiger partial charge in [-0.2, -0.15) is 5.10 Å². The fraction of sp³-hybridized carbons (Fsp3) is 0.444. The van der Waals surface area contributed by atoms with Crippen molar-refractivity contribution >= 4 is 41.1 Å². The number of nitrogens with zero attached hydrogens (tertiary/aromatic N) is 2. The first-order valence-electron chi connectivity index (χ1n) is 8.78. The summed E-state index contributed by atoms with van der Waals surface area (Å²) in [6.45, 7) is 8.05. The molecule has 0 bridgehead atoms. The van der Waals surface area contributed by atoms with Gasteiger partial charge in [-0.3, -0.25) is 5.43 Å². The lowest BCUT2D eigenvalue weighted by atomic mass is 9.78. The Balaban J connectivity index is 1.88. The first-order valence-corrected chi connectivity index (χ1v) is 9.66. The monoisotopic (exact) mass is 404 g/mol. The Morgan fingerprint density at radius 1 is 1.14 bits per heavy atom. The van der Waals surface area contributed by atoms with Crippen LogP contribution in [0.25, 0.3) is 0 Å². The average Bonchev–Trinajstić information content (AvgIpc) is 3.14. The Kier molecular flexibility index (Phi) is 5.56. The Morgan fingerprint density at radius 3 is 2.18 bits per heavy atom. The number of methoxy groups -OCH3 is 2. The summed E-state index contributed by atoms with van der Waals surface area (Å²) in [5.74, 6) is 1.63. The number of hydrogen-bond donors (Lipinski definition) is 2. The van der Waals surface area contributed by atoms with Crippen molar-refractivity contribution in [2.24, 2.45) is 5.10 Å². The number of nitrogen functional groups attached to an aromatic ring is 1. The van der Waals surface area contributed by atoms with Gasteiger partial charge in [-0.1, -0.05) is 0 Å². The van der Waals surface area contributed by atoms with Gasteiger partial charge in [0.15, 0.2) is 0 Å². The summed E-state index contributed by atoms with van der Waals surface area (Å²) in [6, 6.07) is 3.74. The molecule has 0 atom stereocenters. The summed E-state index contributed by atoms with van der Waals surface area (Å²) in [6.07, 6.45) is 1.61. The third kappa shape index (κ3) is 3.94. The number of ether oxygens (including phenoxy) is 2. The van der Waals surface area contributed by atoms with E-state index in [4.69, 9.17) is 24.5 Å². The minimum absolute atomic E-state index is 0.433. The summed E-state index contributed by atoms with van der Waals surface area (Å²) < 4.78 is 23.4. The summed E-state index contributed by atoms with van der Waals surface area (Å²) in [4.78, 5) is 4.10. The number of anilines is 2. The second kappa shape index (κ2) is 7.61. The molecular formula is C18H25BN4O4S. The van der Waals surface area contributed by atoms with Crippen molar-refractivity contribution in [1.29, 1.82) is 0 Å². The topological polar surface area (TPSA) is 100 Å². The van der Waals surface area contributed by atoms with E-state index in [0.717, 1.165) is 5.46 Å². The SMILES string of the molecule is COc1cc(B2OC(C)(C)C(C)(C)O2)cc(OC)c1C=NNc1nc(N)cs1. The van der Waals surface area contributed by atoms with Gasteiger partial charge in [-0.15, -0.1) is 11.3 Å². The lowest BCUT2D eigenvalue weighted by Crippen LogP contribution is -2.41. The van der Waals surface area contributed by atoms with Gasteiger partial charge >= 0.3 is 7.12 Å². The molecule has 150 valence electrons. The molecule has 3 N–H and O–H groups in total. The third-order valence-electron chi connectivity index (χ3n) is 4.97. The summed E-state index contributed by atoms with van der Waals surface area (Å²) in [7, 11) is 2.67. The molecule has 1 aliphatic rings. The normalized spacial score (nSPS) is 17.9. The summed E-state index contributed by atoms with van der Waals surface area (Å²) in [5.41, 5.74) is 9.08. The minimum atomic E-state index is -0.518. The quantitative estimate of drug-likeness (QED) is 0.433. The molecule has 0 saturated carbocycles. The van der Waals surface area contributed by atoms with E-state index in [9.17, 15) is 0 Å². The predicted molar refractivity (Wildman–Crippen MR) is 113 cm³/mol. The van der Waals surface area contributed by atoms with E-state index in [-0.39, 0.29) is 0 Å². The number of nitrogens with two attached hydrogens (primary N) is 1. The van der Waals surface area contributed by atoms with Crippen LogP contribution in [-0.4, -0.2) is 43.7 Å². The van der Waals surface area contributed by atoms with E-state index < -0.39 is 18.3 Å². The van der Waals surface area contributed by atoms with Crippen LogP contribution in [0.15, 0.2) is 22.6 Å². The zero-order chi connectivity index (χ0) is 20.5. The molecule has 1 aliphatic heterocycles. The largest absolute Gasteiger partial charge is 0.496 e. The van der Waals surface area contributed by atoms with Gasteiger partial charge in [-0.05, 0) is 45.3 Å². The van der Waals surface area contributed by atoms with Crippen LogP contribution in [0.1, 0.15) is 33.3 Å². The molecule has 8 nitrogen and oxygen atoms in total. The number of thiazole rings is 1. The molecule has 28 heavy (non-hydrogen) atoms. The van der Waals surface area contributed by atoms with Gasteiger partial charge in [0.25, 0.3) is 0 Å². The molecule has 1 fully saturated rings. The van der Waals surface area contributed by atoms with Crippen molar-refractivity contribution in [3.8, 4) is 11.5 Å². The van der Waals surface area contributed by atoms with Crippen molar-refractivity contribution in [3.05, 3.63) is 23.1 Å². The first kappa shape index (κ1) is 20.4. The molecule has 3 rings (SSSR count). The molecule has 1 saturated heterocycles. The molecular weight excluding hydrogens is 379 g/mol. The molecule has 2 aromatic rings. The Bertz CT molecular complexity index is 843. The Labute approximate surface area is 169 Å². The van der Waals surface area contributed by atoms with E-state index in [1.807, 2.05) is 39.8 Å². The van der Waals surface area contributed by atoms with Crippen LogP contribution in [0.4, 0.5) is 10.9 Å². The number of nitrogens with one attached hydrogen (secondary N) is 1. The zero-order valence-corrected chi connectivity index (χ0v) is 17.7. The van der Waals surface area contributed by atoms with Crippen molar-refractivity contribution in [1.82, 2.24) is 4.98 Å².